The third-order valence-corrected chi connectivity index (χ3v) is 12.1. The van der Waals surface area contributed by atoms with E-state index in [2.05, 4.69) is 41.7 Å². The highest BCUT2D eigenvalue weighted by atomic mass is 19.1. The molecule has 1 unspecified atom stereocenters. The highest BCUT2D eigenvalue weighted by Crippen LogP contribution is 2.46. The number of hydrogen-bond acceptors (Lipinski definition) is 6. The molecule has 0 saturated carbocycles. The van der Waals surface area contributed by atoms with Crippen molar-refractivity contribution in [3.8, 4) is 5.75 Å². The maximum absolute atomic E-state index is 15.4. The zero-order valence-corrected chi connectivity index (χ0v) is 36.1. The molecule has 5 atom stereocenters. The summed E-state index contributed by atoms with van der Waals surface area (Å²) in [6, 6.07) is 60.8. The molecule has 7 rings (SSSR count). The van der Waals surface area contributed by atoms with Crippen LogP contribution in [0.2, 0.25) is 0 Å². The van der Waals surface area contributed by atoms with E-state index in [1.54, 1.807) is 31.2 Å². The Morgan fingerprint density at radius 3 is 1.65 bits per heavy atom. The van der Waals surface area contributed by atoms with Crippen molar-refractivity contribution < 1.29 is 23.8 Å². The number of likely N-dealkylation sites (N-methyl/N-ethyl adjacent to an activating group) is 1. The summed E-state index contributed by atoms with van der Waals surface area (Å²) in [7, 11) is 3.38. The third-order valence-electron chi connectivity index (χ3n) is 12.1. The zero-order valence-electron chi connectivity index (χ0n) is 36.1. The second-order valence-corrected chi connectivity index (χ2v) is 16.0. The Balaban J connectivity index is 1.36. The number of amides is 1. The van der Waals surface area contributed by atoms with E-state index in [0.29, 0.717) is 25.1 Å². The van der Waals surface area contributed by atoms with E-state index in [0.717, 1.165) is 44.6 Å². The lowest BCUT2D eigenvalue weighted by atomic mass is 9.79. The predicted octanol–water partition coefficient (Wildman–Crippen LogP) is 11.2. The third kappa shape index (κ3) is 10.4. The largest absolute Gasteiger partial charge is 0.497 e. The number of nitrogens with zero attached hydrogens (tertiary/aromatic N) is 1. The van der Waals surface area contributed by atoms with Crippen molar-refractivity contribution in [1.29, 1.82) is 0 Å². The normalized spacial score (nSPS) is 13.9. The first-order valence-electron chi connectivity index (χ1n) is 21.5. The summed E-state index contributed by atoms with van der Waals surface area (Å²) < 4.78 is 28.0. The van der Waals surface area contributed by atoms with Gasteiger partial charge in [0, 0.05) is 19.3 Å². The van der Waals surface area contributed by atoms with Crippen LogP contribution in [0, 0.1) is 11.7 Å². The van der Waals surface area contributed by atoms with Crippen molar-refractivity contribution in [2.75, 3.05) is 19.5 Å². The molecule has 7 aromatic carbocycles. The van der Waals surface area contributed by atoms with Crippen LogP contribution in [0.4, 0.5) is 10.1 Å². The van der Waals surface area contributed by atoms with E-state index >= 15 is 4.79 Å². The van der Waals surface area contributed by atoms with Gasteiger partial charge in [-0.25, -0.2) is 4.39 Å². The van der Waals surface area contributed by atoms with Crippen LogP contribution in [0.1, 0.15) is 77.0 Å². The summed E-state index contributed by atoms with van der Waals surface area (Å²) in [5.41, 5.74) is 11.8. The van der Waals surface area contributed by atoms with Crippen LogP contribution in [-0.4, -0.2) is 36.1 Å². The molecule has 7 nitrogen and oxygen atoms in total. The van der Waals surface area contributed by atoms with Crippen molar-refractivity contribution in [2.45, 2.75) is 56.2 Å². The molecule has 0 spiro atoms. The molecule has 0 radical (unpaired) electrons. The van der Waals surface area contributed by atoms with Gasteiger partial charge in [-0.05, 0) is 95.1 Å². The van der Waals surface area contributed by atoms with Gasteiger partial charge in [0.1, 0.15) is 17.2 Å². The number of aliphatic hydroxyl groups excluding tert-OH is 1. The number of hydrogen-bond donors (Lipinski definition) is 3. The summed E-state index contributed by atoms with van der Waals surface area (Å²) in [5.74, 6) is -0.534. The van der Waals surface area contributed by atoms with E-state index in [-0.39, 0.29) is 11.7 Å². The molecule has 7 aromatic rings. The van der Waals surface area contributed by atoms with Crippen molar-refractivity contribution in [1.82, 2.24) is 4.90 Å². The number of nitrogens with two attached hydrogens (primary N) is 1. The van der Waals surface area contributed by atoms with Gasteiger partial charge in [-0.1, -0.05) is 158 Å². The predicted molar refractivity (Wildman–Crippen MR) is 249 cm³/mol. The van der Waals surface area contributed by atoms with Gasteiger partial charge in [-0.15, -0.1) is 0 Å². The van der Waals surface area contributed by atoms with Crippen molar-refractivity contribution in [3.63, 3.8) is 0 Å². The number of methoxy groups -OCH3 is 1. The molecule has 0 saturated heterocycles. The number of halogens is 1. The highest BCUT2D eigenvalue weighted by molar-refractivity contribution is 5.80. The minimum atomic E-state index is -1.11. The van der Waals surface area contributed by atoms with Crippen LogP contribution in [0.15, 0.2) is 194 Å². The molecule has 4 N–H and O–H groups in total. The van der Waals surface area contributed by atoms with Crippen LogP contribution in [0.3, 0.4) is 0 Å². The second-order valence-electron chi connectivity index (χ2n) is 16.0. The van der Waals surface area contributed by atoms with Gasteiger partial charge in [0.25, 0.3) is 0 Å². The van der Waals surface area contributed by atoms with Gasteiger partial charge >= 0.3 is 0 Å². The Hall–Kier alpha value is -6.58. The fraction of sp³-hybridized carbons (Fsp3) is 0.218. The number of carbonyl (C=O) groups excluding carboxylic acids is 1. The number of anilines is 1. The van der Waals surface area contributed by atoms with E-state index in [1.807, 2.05) is 140 Å². The zero-order chi connectivity index (χ0) is 44.2. The first kappa shape index (κ1) is 44.5. The Labute approximate surface area is 371 Å². The standard InChI is InChI=1S/C55H56FN3O4/c1-39(53(60)43-16-8-4-9-17-43)59(2)54(61)50(52(42-28-34-49(62-3)35-29-42)58-48-32-24-40(38-57)25-33-48)36-37-51(41-26-30-47(56)31-27-41)63-55(44-18-10-5-11-19-44,45-20-12-6-13-21-45)46-22-14-7-15-23-46/h4-35,39,50-53,58,60H,36-38,57H2,1-3H3/t39-,50+,51-,52?,53+/m0/s1. The number of ether oxygens (including phenoxy) is 2. The topological polar surface area (TPSA) is 97.1 Å². The Bertz CT molecular complexity index is 2360. The number of aliphatic hydroxyl groups is 1. The quantitative estimate of drug-likeness (QED) is 0.0702. The monoisotopic (exact) mass is 841 g/mol. The fourth-order valence-electron chi connectivity index (χ4n) is 8.42. The van der Waals surface area contributed by atoms with Gasteiger partial charge in [0.15, 0.2) is 0 Å². The van der Waals surface area contributed by atoms with E-state index < -0.39 is 35.8 Å². The Morgan fingerprint density at radius 1 is 0.667 bits per heavy atom. The van der Waals surface area contributed by atoms with Crippen LogP contribution in [-0.2, 0) is 21.7 Å². The lowest BCUT2D eigenvalue weighted by Gasteiger charge is -2.40. The molecule has 1 amide bonds. The average Bonchev–Trinajstić information content (AvgIpc) is 3.35. The van der Waals surface area contributed by atoms with Crippen LogP contribution < -0.4 is 15.8 Å². The minimum Gasteiger partial charge on any atom is -0.497 e. The SMILES string of the molecule is COc1ccc(C(Nc2ccc(CN)cc2)[C@@H](CC[C@H](OC(c2ccccc2)(c2ccccc2)c2ccccc2)c2ccc(F)cc2)C(=O)N(C)[C@@H](C)[C@@H](O)c2ccccc2)cc1. The smallest absolute Gasteiger partial charge is 0.228 e. The lowest BCUT2D eigenvalue weighted by Crippen LogP contribution is -2.45. The summed E-state index contributed by atoms with van der Waals surface area (Å²) in [6.07, 6.45) is -0.881. The minimum absolute atomic E-state index is 0.164. The van der Waals surface area contributed by atoms with Gasteiger partial charge in [0.2, 0.25) is 5.91 Å². The molecular formula is C55H56FN3O4. The van der Waals surface area contributed by atoms with Gasteiger partial charge in [-0.2, -0.15) is 0 Å². The molecule has 0 aliphatic carbocycles. The fourth-order valence-corrected chi connectivity index (χ4v) is 8.42. The second kappa shape index (κ2) is 21.0. The number of benzene rings is 7. The van der Waals surface area contributed by atoms with Crippen molar-refractivity contribution in [2.24, 2.45) is 11.7 Å². The average molecular weight is 842 g/mol. The van der Waals surface area contributed by atoms with E-state index in [4.69, 9.17) is 15.2 Å². The van der Waals surface area contributed by atoms with Crippen LogP contribution in [0.5, 0.6) is 5.75 Å². The summed E-state index contributed by atoms with van der Waals surface area (Å²) in [4.78, 5) is 17.1. The van der Waals surface area contributed by atoms with Gasteiger partial charge in [-0.3, -0.25) is 4.79 Å². The highest BCUT2D eigenvalue weighted by Gasteiger charge is 2.42. The maximum atomic E-state index is 15.4. The first-order chi connectivity index (χ1) is 30.7. The summed E-state index contributed by atoms with van der Waals surface area (Å²) in [5, 5.41) is 15.4. The molecule has 63 heavy (non-hydrogen) atoms. The number of carbonyl (C=O) groups is 1. The molecule has 0 bridgehead atoms. The molecule has 0 heterocycles. The molecule has 322 valence electrons. The van der Waals surface area contributed by atoms with Gasteiger partial charge < -0.3 is 30.5 Å². The van der Waals surface area contributed by atoms with Gasteiger partial charge in [0.05, 0.1) is 37.3 Å². The molecule has 0 aliphatic heterocycles. The molecule has 8 heteroatoms. The van der Waals surface area contributed by atoms with Crippen LogP contribution in [0.25, 0.3) is 0 Å². The number of nitrogens with one attached hydrogen (secondary N) is 1. The summed E-state index contributed by atoms with van der Waals surface area (Å²) >= 11 is 0. The maximum Gasteiger partial charge on any atom is 0.228 e. The number of rotatable bonds is 19. The van der Waals surface area contributed by atoms with Crippen molar-refractivity contribution in [3.05, 3.63) is 239 Å². The molecule has 0 aromatic heterocycles. The molecule has 0 aliphatic rings. The van der Waals surface area contributed by atoms with E-state index in [9.17, 15) is 9.50 Å². The molecular weight excluding hydrogens is 786 g/mol. The Morgan fingerprint density at radius 2 is 1.16 bits per heavy atom. The molecule has 0 fully saturated rings. The van der Waals surface area contributed by atoms with Crippen molar-refractivity contribution >= 4 is 11.6 Å². The summed E-state index contributed by atoms with van der Waals surface area (Å²) in [6.45, 7) is 2.27. The lowest BCUT2D eigenvalue weighted by molar-refractivity contribution is -0.139. The van der Waals surface area contributed by atoms with Crippen LogP contribution >= 0.6 is 0 Å². The van der Waals surface area contributed by atoms with E-state index in [1.165, 1.54) is 12.1 Å². The Kier molecular flexibility index (Phi) is 14.8. The first-order valence-corrected chi connectivity index (χ1v) is 21.5.